The van der Waals surface area contributed by atoms with Gasteiger partial charge < -0.3 is 5.32 Å². The van der Waals surface area contributed by atoms with Gasteiger partial charge in [0, 0.05) is 28.8 Å². The molecule has 0 saturated carbocycles. The van der Waals surface area contributed by atoms with Gasteiger partial charge in [-0.25, -0.2) is 0 Å². The summed E-state index contributed by atoms with van der Waals surface area (Å²) in [7, 11) is -4.40. The lowest BCUT2D eigenvalue weighted by Crippen LogP contribution is -2.13. The summed E-state index contributed by atoms with van der Waals surface area (Å²) < 4.78 is 33.3. The Morgan fingerprint density at radius 1 is 0.903 bits per heavy atom. The second kappa shape index (κ2) is 8.83. The van der Waals surface area contributed by atoms with Gasteiger partial charge in [0.1, 0.15) is 4.90 Å². The number of carbonyl (C=O) groups excluding carboxylic acids is 2. The van der Waals surface area contributed by atoms with Crippen molar-refractivity contribution in [2.75, 3.05) is 5.32 Å². The summed E-state index contributed by atoms with van der Waals surface area (Å²) in [6.45, 7) is 5.30. The third-order valence-electron chi connectivity index (χ3n) is 4.96. The predicted molar refractivity (Wildman–Crippen MR) is 120 cm³/mol. The Kier molecular flexibility index (Phi) is 6.38. The molecule has 7 heteroatoms. The van der Waals surface area contributed by atoms with Gasteiger partial charge in [0.25, 0.3) is 16.0 Å². The summed E-state index contributed by atoms with van der Waals surface area (Å²) in [6.07, 6.45) is 0.357. The van der Waals surface area contributed by atoms with Gasteiger partial charge in [0.05, 0.1) is 0 Å². The molecule has 160 valence electrons. The van der Waals surface area contributed by atoms with Crippen molar-refractivity contribution >= 4 is 27.5 Å². The number of hydrogen-bond donors (Lipinski definition) is 2. The van der Waals surface area contributed by atoms with E-state index >= 15 is 0 Å². The molecule has 0 unspecified atom stereocenters. The number of ketones is 1. The van der Waals surface area contributed by atoms with Crippen LogP contribution in [0.2, 0.25) is 0 Å². The highest BCUT2D eigenvalue weighted by Crippen LogP contribution is 2.32. The Hall–Kier alpha value is -3.29. The normalized spacial score (nSPS) is 11.2. The lowest BCUT2D eigenvalue weighted by atomic mass is 9.99. The molecule has 3 aromatic carbocycles. The van der Waals surface area contributed by atoms with Crippen LogP contribution in [0.4, 0.5) is 5.69 Å². The second-order valence-electron chi connectivity index (χ2n) is 7.32. The van der Waals surface area contributed by atoms with Crippen LogP contribution < -0.4 is 5.32 Å². The van der Waals surface area contributed by atoms with Crippen LogP contribution in [0.25, 0.3) is 11.1 Å². The SMILES string of the molecule is CCC(=O)c1cccc(C(=O)Nc2ccc(-c3ccc(C)cc3S(=O)(=O)O)c(C)c2)c1. The summed E-state index contributed by atoms with van der Waals surface area (Å²) in [4.78, 5) is 24.4. The molecule has 0 spiro atoms. The van der Waals surface area contributed by atoms with E-state index in [0.29, 0.717) is 39.9 Å². The first-order valence-corrected chi connectivity index (χ1v) is 11.2. The molecular formula is C24H23NO5S. The molecular weight excluding hydrogens is 414 g/mol. The zero-order valence-electron chi connectivity index (χ0n) is 17.5. The molecule has 0 aliphatic carbocycles. The van der Waals surface area contributed by atoms with E-state index in [0.717, 1.165) is 5.56 Å². The topological polar surface area (TPSA) is 101 Å². The van der Waals surface area contributed by atoms with Crippen molar-refractivity contribution in [3.8, 4) is 11.1 Å². The zero-order valence-corrected chi connectivity index (χ0v) is 18.3. The van der Waals surface area contributed by atoms with Crippen LogP contribution in [0.5, 0.6) is 0 Å². The van der Waals surface area contributed by atoms with E-state index in [-0.39, 0.29) is 16.6 Å². The van der Waals surface area contributed by atoms with Crippen LogP contribution in [0.1, 0.15) is 45.2 Å². The molecule has 31 heavy (non-hydrogen) atoms. The first kappa shape index (κ1) is 22.4. The van der Waals surface area contributed by atoms with E-state index in [9.17, 15) is 22.6 Å². The fraction of sp³-hybridized carbons (Fsp3) is 0.167. The van der Waals surface area contributed by atoms with Crippen LogP contribution in [-0.4, -0.2) is 24.7 Å². The summed E-state index contributed by atoms with van der Waals surface area (Å²) in [5.41, 5.74) is 3.82. The van der Waals surface area contributed by atoms with Crippen molar-refractivity contribution in [3.05, 3.63) is 82.9 Å². The quantitative estimate of drug-likeness (QED) is 0.415. The highest BCUT2D eigenvalue weighted by atomic mass is 32.2. The molecule has 1 amide bonds. The van der Waals surface area contributed by atoms with E-state index in [2.05, 4.69) is 5.32 Å². The lowest BCUT2D eigenvalue weighted by molar-refractivity contribution is 0.0988. The van der Waals surface area contributed by atoms with Crippen molar-refractivity contribution in [1.82, 2.24) is 0 Å². The molecule has 0 bridgehead atoms. The number of nitrogens with one attached hydrogen (secondary N) is 1. The molecule has 0 aromatic heterocycles. The summed E-state index contributed by atoms with van der Waals surface area (Å²) >= 11 is 0. The van der Waals surface area contributed by atoms with Gasteiger partial charge >= 0.3 is 0 Å². The van der Waals surface area contributed by atoms with E-state index in [1.54, 1.807) is 75.4 Å². The Labute approximate surface area is 181 Å². The molecule has 3 rings (SSSR count). The van der Waals surface area contributed by atoms with Gasteiger partial charge in [-0.2, -0.15) is 8.42 Å². The van der Waals surface area contributed by atoms with Gasteiger partial charge in [0.15, 0.2) is 5.78 Å². The van der Waals surface area contributed by atoms with Gasteiger partial charge in [-0.3, -0.25) is 14.1 Å². The summed E-state index contributed by atoms with van der Waals surface area (Å²) in [5.74, 6) is -0.394. The third kappa shape index (κ3) is 5.07. The monoisotopic (exact) mass is 437 g/mol. The number of hydrogen-bond acceptors (Lipinski definition) is 4. The molecule has 0 aliphatic heterocycles. The number of carbonyl (C=O) groups is 2. The minimum Gasteiger partial charge on any atom is -0.322 e. The van der Waals surface area contributed by atoms with Gasteiger partial charge in [-0.05, 0) is 60.9 Å². The van der Waals surface area contributed by atoms with Crippen LogP contribution in [-0.2, 0) is 10.1 Å². The Bertz CT molecular complexity index is 1280. The number of rotatable bonds is 6. The van der Waals surface area contributed by atoms with Crippen molar-refractivity contribution in [2.24, 2.45) is 0 Å². The number of amides is 1. The average molecular weight is 438 g/mol. The maximum atomic E-state index is 12.6. The van der Waals surface area contributed by atoms with Crippen molar-refractivity contribution in [1.29, 1.82) is 0 Å². The van der Waals surface area contributed by atoms with Gasteiger partial charge in [0.2, 0.25) is 0 Å². The summed E-state index contributed by atoms with van der Waals surface area (Å²) in [5, 5.41) is 2.80. The largest absolute Gasteiger partial charge is 0.322 e. The highest BCUT2D eigenvalue weighted by molar-refractivity contribution is 7.86. The molecule has 3 aromatic rings. The number of benzene rings is 3. The molecule has 0 radical (unpaired) electrons. The van der Waals surface area contributed by atoms with Crippen LogP contribution in [0.3, 0.4) is 0 Å². The van der Waals surface area contributed by atoms with Crippen molar-refractivity contribution in [3.63, 3.8) is 0 Å². The van der Waals surface area contributed by atoms with E-state index in [1.807, 2.05) is 0 Å². The molecule has 0 fully saturated rings. The number of Topliss-reactive ketones (excluding diaryl/α,β-unsaturated/α-hetero) is 1. The van der Waals surface area contributed by atoms with Gasteiger partial charge in [-0.1, -0.05) is 37.3 Å². The molecule has 0 atom stereocenters. The maximum Gasteiger partial charge on any atom is 0.295 e. The van der Waals surface area contributed by atoms with Crippen LogP contribution in [0.15, 0.2) is 65.6 Å². The average Bonchev–Trinajstić information content (AvgIpc) is 2.73. The van der Waals surface area contributed by atoms with Crippen molar-refractivity contribution < 1.29 is 22.6 Å². The smallest absolute Gasteiger partial charge is 0.295 e. The molecule has 0 aliphatic rings. The van der Waals surface area contributed by atoms with E-state index in [4.69, 9.17) is 0 Å². The minimum absolute atomic E-state index is 0.0393. The van der Waals surface area contributed by atoms with E-state index < -0.39 is 10.1 Å². The van der Waals surface area contributed by atoms with E-state index in [1.165, 1.54) is 6.07 Å². The Balaban J connectivity index is 1.91. The minimum atomic E-state index is -4.40. The fourth-order valence-electron chi connectivity index (χ4n) is 3.35. The standard InChI is InChI=1S/C24H23NO5S/c1-4-22(26)17-6-5-7-18(14-17)24(27)25-19-9-11-20(16(3)13-19)21-10-8-15(2)12-23(21)31(28,29)30/h5-14H,4H2,1-3H3,(H,25,27)(H,28,29,30). The summed E-state index contributed by atoms with van der Waals surface area (Å²) in [6, 6.07) is 16.5. The third-order valence-corrected chi connectivity index (χ3v) is 5.85. The van der Waals surface area contributed by atoms with Crippen molar-refractivity contribution in [2.45, 2.75) is 32.1 Å². The number of aryl methyl sites for hydroxylation is 2. The second-order valence-corrected chi connectivity index (χ2v) is 8.71. The zero-order chi connectivity index (χ0) is 22.8. The van der Waals surface area contributed by atoms with Crippen LogP contribution >= 0.6 is 0 Å². The van der Waals surface area contributed by atoms with Crippen LogP contribution in [0, 0.1) is 13.8 Å². The Morgan fingerprint density at radius 3 is 2.23 bits per heavy atom. The fourth-order valence-corrected chi connectivity index (χ4v) is 4.14. The lowest BCUT2D eigenvalue weighted by Gasteiger charge is -2.13. The van der Waals surface area contributed by atoms with Gasteiger partial charge in [-0.15, -0.1) is 0 Å². The first-order valence-electron chi connectivity index (χ1n) is 9.74. The molecule has 0 heterocycles. The molecule has 0 saturated heterocycles. The predicted octanol–water partition coefficient (Wildman–Crippen LogP) is 5.06. The molecule has 2 N–H and O–H groups in total. The first-order chi connectivity index (χ1) is 14.6. The number of anilines is 1. The maximum absolute atomic E-state index is 12.6. The highest BCUT2D eigenvalue weighted by Gasteiger charge is 2.18. The Morgan fingerprint density at radius 2 is 1.58 bits per heavy atom. The molecule has 6 nitrogen and oxygen atoms in total.